The molecular weight excluding hydrogens is 446 g/mol. The highest BCUT2D eigenvalue weighted by Crippen LogP contribution is 2.40. The highest BCUT2D eigenvalue weighted by Gasteiger charge is 2.25. The first kappa shape index (κ1) is 24.7. The van der Waals surface area contributed by atoms with Crippen molar-refractivity contribution in [3.8, 4) is 23.0 Å². The SMILES string of the molecule is COc1ccc(N2CCN(C(=O)CN3CC=C(c4c(OC)cc(OC)cc4OC)CC3)CC2)cc1. The van der Waals surface area contributed by atoms with Crippen LogP contribution in [0.3, 0.4) is 0 Å². The minimum Gasteiger partial charge on any atom is -0.497 e. The van der Waals surface area contributed by atoms with Gasteiger partial charge in [0.05, 0.1) is 40.5 Å². The Morgan fingerprint density at radius 2 is 1.43 bits per heavy atom. The fourth-order valence-corrected chi connectivity index (χ4v) is 4.70. The van der Waals surface area contributed by atoms with Gasteiger partial charge in [0.15, 0.2) is 0 Å². The number of anilines is 1. The number of carbonyl (C=O) groups excluding carboxylic acids is 1. The van der Waals surface area contributed by atoms with Crippen LogP contribution in [-0.2, 0) is 4.79 Å². The maximum atomic E-state index is 13.0. The van der Waals surface area contributed by atoms with E-state index in [9.17, 15) is 4.79 Å². The molecule has 0 radical (unpaired) electrons. The summed E-state index contributed by atoms with van der Waals surface area (Å²) in [6, 6.07) is 11.8. The van der Waals surface area contributed by atoms with Gasteiger partial charge < -0.3 is 28.7 Å². The number of methoxy groups -OCH3 is 4. The quantitative estimate of drug-likeness (QED) is 0.574. The summed E-state index contributed by atoms with van der Waals surface area (Å²) in [7, 11) is 6.60. The average Bonchev–Trinajstić information content (AvgIpc) is 2.92. The molecule has 188 valence electrons. The van der Waals surface area contributed by atoms with Gasteiger partial charge in [0.1, 0.15) is 23.0 Å². The molecule has 2 aromatic rings. The lowest BCUT2D eigenvalue weighted by Crippen LogP contribution is -2.51. The molecule has 0 saturated carbocycles. The number of carbonyl (C=O) groups is 1. The van der Waals surface area contributed by atoms with Gasteiger partial charge >= 0.3 is 0 Å². The molecule has 4 rings (SSSR count). The largest absolute Gasteiger partial charge is 0.497 e. The molecule has 2 aliphatic rings. The Hall–Kier alpha value is -3.39. The third-order valence-electron chi connectivity index (χ3n) is 6.76. The molecular formula is C27H35N3O5. The molecule has 2 heterocycles. The maximum Gasteiger partial charge on any atom is 0.236 e. The highest BCUT2D eigenvalue weighted by molar-refractivity contribution is 5.80. The topological polar surface area (TPSA) is 63.7 Å². The molecule has 0 N–H and O–H groups in total. The summed E-state index contributed by atoms with van der Waals surface area (Å²) in [4.78, 5) is 19.5. The summed E-state index contributed by atoms with van der Waals surface area (Å²) in [6.45, 7) is 5.09. The van der Waals surface area contributed by atoms with Gasteiger partial charge in [0.25, 0.3) is 0 Å². The molecule has 0 atom stereocenters. The van der Waals surface area contributed by atoms with E-state index >= 15 is 0 Å². The molecule has 8 nitrogen and oxygen atoms in total. The summed E-state index contributed by atoms with van der Waals surface area (Å²) >= 11 is 0. The molecule has 8 heteroatoms. The first-order valence-electron chi connectivity index (χ1n) is 11.9. The minimum absolute atomic E-state index is 0.191. The number of amides is 1. The lowest BCUT2D eigenvalue weighted by Gasteiger charge is -2.37. The second kappa shape index (κ2) is 11.4. The Kier molecular flexibility index (Phi) is 8.02. The van der Waals surface area contributed by atoms with Gasteiger partial charge in [-0.1, -0.05) is 6.08 Å². The molecule has 35 heavy (non-hydrogen) atoms. The van der Waals surface area contributed by atoms with Crippen LogP contribution in [0.2, 0.25) is 0 Å². The van der Waals surface area contributed by atoms with Crippen LogP contribution in [-0.4, -0.2) is 90.0 Å². The second-order valence-corrected chi connectivity index (χ2v) is 8.69. The van der Waals surface area contributed by atoms with Crippen LogP contribution < -0.4 is 23.8 Å². The Morgan fingerprint density at radius 3 is 1.94 bits per heavy atom. The molecule has 1 fully saturated rings. The van der Waals surface area contributed by atoms with Gasteiger partial charge in [-0.05, 0) is 36.3 Å². The zero-order valence-electron chi connectivity index (χ0n) is 21.1. The molecule has 0 spiro atoms. The van der Waals surface area contributed by atoms with Crippen molar-refractivity contribution in [3.05, 3.63) is 48.0 Å². The predicted molar refractivity (Wildman–Crippen MR) is 137 cm³/mol. The highest BCUT2D eigenvalue weighted by atomic mass is 16.5. The Morgan fingerprint density at radius 1 is 0.800 bits per heavy atom. The van der Waals surface area contributed by atoms with Crippen LogP contribution in [0.1, 0.15) is 12.0 Å². The van der Waals surface area contributed by atoms with Crippen molar-refractivity contribution in [1.82, 2.24) is 9.80 Å². The van der Waals surface area contributed by atoms with Crippen molar-refractivity contribution in [2.45, 2.75) is 6.42 Å². The summed E-state index contributed by atoms with van der Waals surface area (Å²) in [5.41, 5.74) is 3.28. The number of hydrogen-bond acceptors (Lipinski definition) is 7. The van der Waals surface area contributed by atoms with Crippen LogP contribution in [0, 0.1) is 0 Å². The first-order chi connectivity index (χ1) is 17.1. The fraction of sp³-hybridized carbons (Fsp3) is 0.444. The van der Waals surface area contributed by atoms with E-state index in [2.05, 4.69) is 28.0 Å². The van der Waals surface area contributed by atoms with E-state index in [0.29, 0.717) is 18.8 Å². The normalized spacial score (nSPS) is 16.5. The van der Waals surface area contributed by atoms with E-state index in [4.69, 9.17) is 18.9 Å². The van der Waals surface area contributed by atoms with Crippen molar-refractivity contribution in [2.75, 3.05) is 79.2 Å². The van der Waals surface area contributed by atoms with E-state index in [1.165, 1.54) is 0 Å². The number of rotatable bonds is 8. The van der Waals surface area contributed by atoms with E-state index in [-0.39, 0.29) is 5.91 Å². The number of benzene rings is 2. The molecule has 0 aliphatic carbocycles. The maximum absolute atomic E-state index is 13.0. The van der Waals surface area contributed by atoms with Crippen molar-refractivity contribution in [1.29, 1.82) is 0 Å². The van der Waals surface area contributed by atoms with Gasteiger partial charge in [-0.2, -0.15) is 0 Å². The third-order valence-corrected chi connectivity index (χ3v) is 6.76. The molecule has 1 saturated heterocycles. The minimum atomic E-state index is 0.191. The van der Waals surface area contributed by atoms with Crippen molar-refractivity contribution in [2.24, 2.45) is 0 Å². The number of piperazine rings is 1. The number of ether oxygens (including phenoxy) is 4. The van der Waals surface area contributed by atoms with Crippen molar-refractivity contribution >= 4 is 17.2 Å². The van der Waals surface area contributed by atoms with E-state index in [0.717, 1.165) is 73.2 Å². The summed E-state index contributed by atoms with van der Waals surface area (Å²) < 4.78 is 21.8. The summed E-state index contributed by atoms with van der Waals surface area (Å²) in [5, 5.41) is 0. The smallest absolute Gasteiger partial charge is 0.236 e. The predicted octanol–water partition coefficient (Wildman–Crippen LogP) is 3.16. The first-order valence-corrected chi connectivity index (χ1v) is 11.9. The Labute approximate surface area is 207 Å². The molecule has 0 aromatic heterocycles. The lowest BCUT2D eigenvalue weighted by molar-refractivity contribution is -0.132. The van der Waals surface area contributed by atoms with E-state index in [1.54, 1.807) is 28.4 Å². The summed E-state index contributed by atoms with van der Waals surface area (Å²) in [6.07, 6.45) is 2.99. The number of hydrogen-bond donors (Lipinski definition) is 0. The van der Waals surface area contributed by atoms with Crippen LogP contribution in [0.4, 0.5) is 5.69 Å². The van der Waals surface area contributed by atoms with Gasteiger partial charge in [-0.25, -0.2) is 0 Å². The van der Waals surface area contributed by atoms with Gasteiger partial charge in [0.2, 0.25) is 5.91 Å². The fourth-order valence-electron chi connectivity index (χ4n) is 4.70. The second-order valence-electron chi connectivity index (χ2n) is 8.69. The zero-order valence-corrected chi connectivity index (χ0v) is 21.1. The van der Waals surface area contributed by atoms with Gasteiger partial charge in [-0.3, -0.25) is 9.69 Å². The Balaban J connectivity index is 1.33. The number of nitrogens with zero attached hydrogens (tertiary/aromatic N) is 3. The third kappa shape index (κ3) is 5.65. The molecule has 0 unspecified atom stereocenters. The monoisotopic (exact) mass is 481 g/mol. The van der Waals surface area contributed by atoms with Crippen molar-refractivity contribution in [3.63, 3.8) is 0 Å². The van der Waals surface area contributed by atoms with Crippen LogP contribution in [0.5, 0.6) is 23.0 Å². The van der Waals surface area contributed by atoms with Crippen molar-refractivity contribution < 1.29 is 23.7 Å². The molecule has 0 bridgehead atoms. The molecule has 1 amide bonds. The standard InChI is InChI=1S/C27H35N3O5/c1-32-22-7-5-21(6-8-22)29-13-15-30(16-14-29)26(31)19-28-11-9-20(10-12-28)27-24(34-3)17-23(33-2)18-25(27)35-4/h5-9,17-18H,10-16,19H2,1-4H3. The van der Waals surface area contributed by atoms with Gasteiger partial charge in [0, 0.05) is 57.1 Å². The molecule has 2 aromatic carbocycles. The van der Waals surface area contributed by atoms with E-state index in [1.807, 2.05) is 29.2 Å². The molecule has 2 aliphatic heterocycles. The van der Waals surface area contributed by atoms with E-state index < -0.39 is 0 Å². The average molecular weight is 482 g/mol. The zero-order chi connectivity index (χ0) is 24.8. The van der Waals surface area contributed by atoms with Crippen LogP contribution in [0.15, 0.2) is 42.5 Å². The van der Waals surface area contributed by atoms with Crippen LogP contribution in [0.25, 0.3) is 5.57 Å². The van der Waals surface area contributed by atoms with Crippen LogP contribution >= 0.6 is 0 Å². The summed E-state index contributed by atoms with van der Waals surface area (Å²) in [5.74, 6) is 3.19. The lowest BCUT2D eigenvalue weighted by atomic mass is 9.97. The van der Waals surface area contributed by atoms with Gasteiger partial charge in [-0.15, -0.1) is 0 Å². The Bertz CT molecular complexity index is 1020.